The van der Waals surface area contributed by atoms with Crippen molar-refractivity contribution in [3.63, 3.8) is 0 Å². The molecule has 2 unspecified atom stereocenters. The zero-order chi connectivity index (χ0) is 39.4. The fraction of sp³-hybridized carbons (Fsp3) is 0.917. The normalized spacial score (nSPS) is 12.7. The van der Waals surface area contributed by atoms with E-state index in [9.17, 15) is 19.8 Å². The number of carbonyl (C=O) groups is 2. The van der Waals surface area contributed by atoms with Gasteiger partial charge in [0, 0.05) is 12.8 Å². The third kappa shape index (κ3) is 40.3. The first kappa shape index (κ1) is 52.6. The lowest BCUT2D eigenvalue weighted by atomic mass is 10.0. The summed E-state index contributed by atoms with van der Waals surface area (Å²) in [6.07, 6.45) is 48.8. The van der Waals surface area contributed by atoms with Crippen molar-refractivity contribution in [1.82, 2.24) is 5.32 Å². The van der Waals surface area contributed by atoms with Crippen molar-refractivity contribution >= 4 is 11.9 Å². The van der Waals surface area contributed by atoms with E-state index in [4.69, 9.17) is 4.74 Å². The zero-order valence-corrected chi connectivity index (χ0v) is 36.2. The standard InChI is InChI=1S/C48H93NO5/c1-3-5-7-9-11-13-15-16-17-21-24-28-32-36-40-46(51)45(44-50)49-47(52)41-37-33-29-25-22-18-19-23-27-31-35-39-43-54-48(53)42-38-34-30-26-20-14-12-10-8-6-4-2/h10,12,45-46,50-51H,3-9,11,13-44H2,1-2H3,(H,49,52)/b12-10-. The lowest BCUT2D eigenvalue weighted by Crippen LogP contribution is -2.45. The fourth-order valence-electron chi connectivity index (χ4n) is 7.32. The Morgan fingerprint density at radius 2 is 0.889 bits per heavy atom. The predicted molar refractivity (Wildman–Crippen MR) is 232 cm³/mol. The molecule has 0 aliphatic carbocycles. The number of allylic oxidation sites excluding steroid dienone is 2. The molecular weight excluding hydrogens is 671 g/mol. The van der Waals surface area contributed by atoms with Gasteiger partial charge in [-0.15, -0.1) is 0 Å². The summed E-state index contributed by atoms with van der Waals surface area (Å²) < 4.78 is 5.43. The van der Waals surface area contributed by atoms with Crippen molar-refractivity contribution in [3.05, 3.63) is 12.2 Å². The highest BCUT2D eigenvalue weighted by Crippen LogP contribution is 2.16. The molecule has 0 aliphatic rings. The first-order chi connectivity index (χ1) is 26.5. The number of aliphatic hydroxyl groups is 2. The van der Waals surface area contributed by atoms with Gasteiger partial charge in [0.1, 0.15) is 0 Å². The molecule has 0 saturated heterocycles. The fourth-order valence-corrected chi connectivity index (χ4v) is 7.32. The SMILES string of the molecule is CCCC/C=C\CCCCCCCC(=O)OCCCCCCCCCCCCCCC(=O)NC(CO)C(O)CCCCCCCCCCCCCCCC. The molecule has 320 valence electrons. The highest BCUT2D eigenvalue weighted by Gasteiger charge is 2.20. The van der Waals surface area contributed by atoms with Gasteiger partial charge in [-0.3, -0.25) is 9.59 Å². The van der Waals surface area contributed by atoms with E-state index in [-0.39, 0.29) is 18.5 Å². The van der Waals surface area contributed by atoms with Gasteiger partial charge >= 0.3 is 5.97 Å². The highest BCUT2D eigenvalue weighted by atomic mass is 16.5. The van der Waals surface area contributed by atoms with E-state index in [2.05, 4.69) is 31.3 Å². The second-order valence-corrected chi connectivity index (χ2v) is 16.4. The highest BCUT2D eigenvalue weighted by molar-refractivity contribution is 5.76. The molecule has 2 atom stereocenters. The molecule has 0 saturated carbocycles. The summed E-state index contributed by atoms with van der Waals surface area (Å²) in [7, 11) is 0. The van der Waals surface area contributed by atoms with Crippen LogP contribution in [-0.4, -0.2) is 47.4 Å². The van der Waals surface area contributed by atoms with Gasteiger partial charge in [0.2, 0.25) is 5.91 Å². The number of ether oxygens (including phenoxy) is 1. The van der Waals surface area contributed by atoms with Crippen LogP contribution in [0.3, 0.4) is 0 Å². The Kier molecular flexibility index (Phi) is 43.2. The summed E-state index contributed by atoms with van der Waals surface area (Å²) in [5.41, 5.74) is 0. The first-order valence-electron chi connectivity index (χ1n) is 23.9. The Bertz CT molecular complexity index is 802. The number of amides is 1. The topological polar surface area (TPSA) is 95.9 Å². The van der Waals surface area contributed by atoms with Crippen molar-refractivity contribution in [3.8, 4) is 0 Å². The Balaban J connectivity index is 3.47. The van der Waals surface area contributed by atoms with Crippen LogP contribution in [0.2, 0.25) is 0 Å². The van der Waals surface area contributed by atoms with Crippen molar-refractivity contribution in [1.29, 1.82) is 0 Å². The van der Waals surface area contributed by atoms with Crippen LogP contribution in [0.1, 0.15) is 258 Å². The number of hydrogen-bond donors (Lipinski definition) is 3. The summed E-state index contributed by atoms with van der Waals surface area (Å²) >= 11 is 0. The Morgan fingerprint density at radius 3 is 1.37 bits per heavy atom. The Labute approximate surface area is 336 Å². The van der Waals surface area contributed by atoms with Gasteiger partial charge in [0.15, 0.2) is 0 Å². The first-order valence-corrected chi connectivity index (χ1v) is 23.9. The minimum Gasteiger partial charge on any atom is -0.466 e. The van der Waals surface area contributed by atoms with Gasteiger partial charge in [-0.05, 0) is 44.9 Å². The van der Waals surface area contributed by atoms with Crippen molar-refractivity contribution in [2.24, 2.45) is 0 Å². The Morgan fingerprint density at radius 1 is 0.500 bits per heavy atom. The minimum absolute atomic E-state index is 0.0203. The molecule has 0 aliphatic heterocycles. The molecule has 6 heteroatoms. The number of hydrogen-bond acceptors (Lipinski definition) is 5. The number of esters is 1. The maximum absolute atomic E-state index is 12.4. The zero-order valence-electron chi connectivity index (χ0n) is 36.2. The molecule has 0 spiro atoms. The summed E-state index contributed by atoms with van der Waals surface area (Å²) in [4.78, 5) is 24.4. The van der Waals surface area contributed by atoms with Crippen LogP contribution in [0.15, 0.2) is 12.2 Å². The molecule has 0 aromatic carbocycles. The van der Waals surface area contributed by atoms with Crippen molar-refractivity contribution in [2.45, 2.75) is 270 Å². The van der Waals surface area contributed by atoms with E-state index in [1.54, 1.807) is 0 Å². The van der Waals surface area contributed by atoms with E-state index < -0.39 is 12.1 Å². The second-order valence-electron chi connectivity index (χ2n) is 16.4. The van der Waals surface area contributed by atoms with Crippen LogP contribution in [0, 0.1) is 0 Å². The van der Waals surface area contributed by atoms with Crippen LogP contribution >= 0.6 is 0 Å². The van der Waals surface area contributed by atoms with Gasteiger partial charge < -0.3 is 20.3 Å². The van der Waals surface area contributed by atoms with Gasteiger partial charge in [-0.25, -0.2) is 0 Å². The summed E-state index contributed by atoms with van der Waals surface area (Å²) in [5.74, 6) is -0.0711. The number of unbranched alkanes of at least 4 members (excludes halogenated alkanes) is 31. The van der Waals surface area contributed by atoms with E-state index >= 15 is 0 Å². The van der Waals surface area contributed by atoms with E-state index in [1.807, 2.05) is 0 Å². The summed E-state index contributed by atoms with van der Waals surface area (Å²) in [6, 6.07) is -0.551. The van der Waals surface area contributed by atoms with Crippen molar-refractivity contribution in [2.75, 3.05) is 13.2 Å². The third-order valence-corrected chi connectivity index (χ3v) is 11.1. The number of carbonyl (C=O) groups excluding carboxylic acids is 2. The largest absolute Gasteiger partial charge is 0.466 e. The molecule has 0 radical (unpaired) electrons. The number of nitrogens with one attached hydrogen (secondary N) is 1. The number of aliphatic hydroxyl groups excluding tert-OH is 2. The quantitative estimate of drug-likeness (QED) is 0.0326. The maximum atomic E-state index is 12.4. The lowest BCUT2D eigenvalue weighted by Gasteiger charge is -2.22. The number of rotatable bonds is 44. The monoisotopic (exact) mass is 764 g/mol. The smallest absolute Gasteiger partial charge is 0.305 e. The molecule has 0 aromatic rings. The molecule has 0 aromatic heterocycles. The molecule has 54 heavy (non-hydrogen) atoms. The van der Waals surface area contributed by atoms with E-state index in [0.717, 1.165) is 57.8 Å². The molecule has 0 fully saturated rings. The van der Waals surface area contributed by atoms with Crippen LogP contribution in [-0.2, 0) is 14.3 Å². The van der Waals surface area contributed by atoms with Gasteiger partial charge in [0.25, 0.3) is 0 Å². The Hall–Kier alpha value is -1.40. The van der Waals surface area contributed by atoms with Crippen LogP contribution in [0.4, 0.5) is 0 Å². The van der Waals surface area contributed by atoms with Crippen LogP contribution in [0.25, 0.3) is 0 Å². The molecule has 6 nitrogen and oxygen atoms in total. The average Bonchev–Trinajstić information content (AvgIpc) is 3.17. The second kappa shape index (κ2) is 44.3. The van der Waals surface area contributed by atoms with Gasteiger partial charge in [-0.2, -0.15) is 0 Å². The summed E-state index contributed by atoms with van der Waals surface area (Å²) in [6.45, 7) is 4.87. The third-order valence-electron chi connectivity index (χ3n) is 11.1. The molecule has 0 rings (SSSR count). The molecule has 1 amide bonds. The molecule has 3 N–H and O–H groups in total. The summed E-state index contributed by atoms with van der Waals surface area (Å²) in [5, 5.41) is 23.2. The molecular formula is C48H93NO5. The van der Waals surface area contributed by atoms with E-state index in [1.165, 1.54) is 167 Å². The average molecular weight is 764 g/mol. The predicted octanol–water partition coefficient (Wildman–Crippen LogP) is 13.8. The molecule has 0 bridgehead atoms. The van der Waals surface area contributed by atoms with E-state index in [0.29, 0.717) is 25.9 Å². The minimum atomic E-state index is -0.673. The van der Waals surface area contributed by atoms with Crippen LogP contribution < -0.4 is 5.32 Å². The van der Waals surface area contributed by atoms with Crippen LogP contribution in [0.5, 0.6) is 0 Å². The maximum Gasteiger partial charge on any atom is 0.305 e. The van der Waals surface area contributed by atoms with Gasteiger partial charge in [0.05, 0.1) is 25.4 Å². The van der Waals surface area contributed by atoms with Gasteiger partial charge in [-0.1, -0.05) is 212 Å². The molecule has 0 heterocycles. The lowest BCUT2D eigenvalue weighted by molar-refractivity contribution is -0.143. The van der Waals surface area contributed by atoms with Crippen molar-refractivity contribution < 1.29 is 24.5 Å².